The van der Waals surface area contributed by atoms with Crippen LogP contribution in [-0.4, -0.2) is 11.7 Å². The first-order valence-electron chi connectivity index (χ1n) is 6.02. The van der Waals surface area contributed by atoms with E-state index in [1.54, 1.807) is 12.1 Å². The Morgan fingerprint density at radius 2 is 2.05 bits per heavy atom. The highest BCUT2D eigenvalue weighted by atomic mass is 35.5. The Hall–Kier alpha value is -0.950. The topological polar surface area (TPSA) is 53.2 Å². The minimum Gasteiger partial charge on any atom is -0.492 e. The number of nitriles is 1. The monoisotopic (exact) mass is 301 g/mol. The molecule has 0 radical (unpaired) electrons. The predicted molar refractivity (Wildman–Crippen MR) is 76.5 cm³/mol. The van der Waals surface area contributed by atoms with Crippen LogP contribution in [0.3, 0.4) is 0 Å². The third-order valence-electron chi connectivity index (χ3n) is 2.75. The molecule has 0 fully saturated rings. The highest BCUT2D eigenvalue weighted by Crippen LogP contribution is 2.33. The van der Waals surface area contributed by atoms with Crippen molar-refractivity contribution in [3.63, 3.8) is 0 Å². The SMILES string of the molecule is CC(C)(C#N)CCCOc1c(Cl)cc(Cl)cc1CO. The van der Waals surface area contributed by atoms with Crippen molar-refractivity contribution in [1.29, 1.82) is 5.26 Å². The van der Waals surface area contributed by atoms with Gasteiger partial charge in [-0.1, -0.05) is 23.2 Å². The Bertz CT molecular complexity index is 481. The van der Waals surface area contributed by atoms with Crippen LogP contribution in [0.15, 0.2) is 12.1 Å². The van der Waals surface area contributed by atoms with Crippen molar-refractivity contribution in [1.82, 2.24) is 0 Å². The average Bonchev–Trinajstić information content (AvgIpc) is 2.35. The first-order valence-corrected chi connectivity index (χ1v) is 6.78. The van der Waals surface area contributed by atoms with E-state index in [9.17, 15) is 5.11 Å². The van der Waals surface area contributed by atoms with Crippen LogP contribution in [0.25, 0.3) is 0 Å². The van der Waals surface area contributed by atoms with Gasteiger partial charge < -0.3 is 9.84 Å². The zero-order valence-electron chi connectivity index (χ0n) is 11.0. The van der Waals surface area contributed by atoms with E-state index in [0.29, 0.717) is 28.0 Å². The molecule has 104 valence electrons. The fourth-order valence-corrected chi connectivity index (χ4v) is 2.23. The molecule has 0 amide bonds. The number of benzene rings is 1. The van der Waals surface area contributed by atoms with Crippen LogP contribution in [0.2, 0.25) is 10.0 Å². The van der Waals surface area contributed by atoms with Crippen LogP contribution in [0.1, 0.15) is 32.3 Å². The second kappa shape index (κ2) is 7.00. The summed E-state index contributed by atoms with van der Waals surface area (Å²) in [4.78, 5) is 0. The Morgan fingerprint density at radius 1 is 1.37 bits per heavy atom. The Labute approximate surface area is 123 Å². The van der Waals surface area contributed by atoms with Crippen molar-refractivity contribution < 1.29 is 9.84 Å². The molecule has 5 heteroatoms. The molecule has 0 aliphatic heterocycles. The molecule has 0 spiro atoms. The number of ether oxygens (including phenoxy) is 1. The van der Waals surface area contributed by atoms with Gasteiger partial charge in [0.1, 0.15) is 5.75 Å². The molecular formula is C14H17Cl2NO2. The molecule has 0 aromatic heterocycles. The van der Waals surface area contributed by atoms with Gasteiger partial charge in [-0.2, -0.15) is 5.26 Å². The van der Waals surface area contributed by atoms with Gasteiger partial charge in [0.05, 0.1) is 29.7 Å². The van der Waals surface area contributed by atoms with E-state index in [-0.39, 0.29) is 12.0 Å². The minimum atomic E-state index is -0.354. The molecule has 0 saturated carbocycles. The Balaban J connectivity index is 2.62. The van der Waals surface area contributed by atoms with E-state index >= 15 is 0 Å². The lowest BCUT2D eigenvalue weighted by molar-refractivity contribution is 0.254. The second-order valence-electron chi connectivity index (χ2n) is 4.98. The van der Waals surface area contributed by atoms with E-state index in [2.05, 4.69) is 6.07 Å². The molecule has 0 heterocycles. The molecular weight excluding hydrogens is 285 g/mol. The maximum Gasteiger partial charge on any atom is 0.143 e. The van der Waals surface area contributed by atoms with E-state index in [0.717, 1.165) is 12.8 Å². The van der Waals surface area contributed by atoms with Crippen molar-refractivity contribution in [3.05, 3.63) is 27.7 Å². The highest BCUT2D eigenvalue weighted by molar-refractivity contribution is 6.35. The zero-order chi connectivity index (χ0) is 14.5. The van der Waals surface area contributed by atoms with Gasteiger partial charge in [-0.25, -0.2) is 0 Å². The lowest BCUT2D eigenvalue weighted by Crippen LogP contribution is -2.10. The summed E-state index contributed by atoms with van der Waals surface area (Å²) in [6, 6.07) is 5.45. The lowest BCUT2D eigenvalue weighted by Gasteiger charge is -2.16. The largest absolute Gasteiger partial charge is 0.492 e. The molecule has 0 atom stereocenters. The fraction of sp³-hybridized carbons (Fsp3) is 0.500. The number of halogens is 2. The van der Waals surface area contributed by atoms with Crippen molar-refractivity contribution >= 4 is 23.2 Å². The molecule has 0 unspecified atom stereocenters. The normalized spacial score (nSPS) is 11.2. The summed E-state index contributed by atoms with van der Waals surface area (Å²) in [5.41, 5.74) is 0.212. The van der Waals surface area contributed by atoms with Crippen LogP contribution in [-0.2, 0) is 6.61 Å². The van der Waals surface area contributed by atoms with Gasteiger partial charge >= 0.3 is 0 Å². The first-order chi connectivity index (χ1) is 8.89. The maximum absolute atomic E-state index is 9.25. The van der Waals surface area contributed by atoms with E-state index in [4.69, 9.17) is 33.2 Å². The van der Waals surface area contributed by atoms with Gasteiger partial charge in [0.25, 0.3) is 0 Å². The zero-order valence-corrected chi connectivity index (χ0v) is 12.6. The van der Waals surface area contributed by atoms with Gasteiger partial charge in [-0.05, 0) is 38.8 Å². The van der Waals surface area contributed by atoms with E-state index < -0.39 is 0 Å². The quantitative estimate of drug-likeness (QED) is 0.801. The van der Waals surface area contributed by atoms with Crippen molar-refractivity contribution in [2.24, 2.45) is 5.41 Å². The maximum atomic E-state index is 9.25. The van der Waals surface area contributed by atoms with Crippen LogP contribution >= 0.6 is 23.2 Å². The smallest absolute Gasteiger partial charge is 0.143 e. The highest BCUT2D eigenvalue weighted by Gasteiger charge is 2.16. The summed E-state index contributed by atoms with van der Waals surface area (Å²) in [6.07, 6.45) is 1.48. The number of hydrogen-bond donors (Lipinski definition) is 1. The number of aliphatic hydroxyl groups is 1. The van der Waals surface area contributed by atoms with E-state index in [1.165, 1.54) is 0 Å². The molecule has 1 N–H and O–H groups in total. The van der Waals surface area contributed by atoms with Crippen LogP contribution < -0.4 is 4.74 Å². The van der Waals surface area contributed by atoms with Crippen molar-refractivity contribution in [2.45, 2.75) is 33.3 Å². The van der Waals surface area contributed by atoms with Crippen LogP contribution in [0.4, 0.5) is 0 Å². The van der Waals surface area contributed by atoms with Crippen molar-refractivity contribution in [2.75, 3.05) is 6.61 Å². The lowest BCUT2D eigenvalue weighted by atomic mass is 9.90. The summed E-state index contributed by atoms with van der Waals surface area (Å²) in [5, 5.41) is 19.0. The second-order valence-corrected chi connectivity index (χ2v) is 5.83. The van der Waals surface area contributed by atoms with Gasteiger partial charge in [-0.15, -0.1) is 0 Å². The summed E-state index contributed by atoms with van der Waals surface area (Å²) >= 11 is 11.9. The van der Waals surface area contributed by atoms with Crippen LogP contribution in [0, 0.1) is 16.7 Å². The summed E-state index contributed by atoms with van der Waals surface area (Å²) in [6.45, 7) is 4.04. The number of aliphatic hydroxyl groups excluding tert-OH is 1. The summed E-state index contributed by atoms with van der Waals surface area (Å²) in [5.74, 6) is 0.461. The fourth-order valence-electron chi connectivity index (χ4n) is 1.64. The van der Waals surface area contributed by atoms with Gasteiger partial charge in [0.15, 0.2) is 0 Å². The van der Waals surface area contributed by atoms with E-state index in [1.807, 2.05) is 13.8 Å². The van der Waals surface area contributed by atoms with Crippen molar-refractivity contribution in [3.8, 4) is 11.8 Å². The standard InChI is InChI=1S/C14H17Cl2NO2/c1-14(2,9-17)4-3-5-19-13-10(8-18)6-11(15)7-12(13)16/h6-7,18H,3-5,8H2,1-2H3. The molecule has 0 aliphatic carbocycles. The molecule has 1 aromatic rings. The van der Waals surface area contributed by atoms with Crippen LogP contribution in [0.5, 0.6) is 5.75 Å². The summed E-state index contributed by atoms with van der Waals surface area (Å²) < 4.78 is 5.59. The number of hydrogen-bond acceptors (Lipinski definition) is 3. The summed E-state index contributed by atoms with van der Waals surface area (Å²) in [7, 11) is 0. The predicted octanol–water partition coefficient (Wildman–Crippen LogP) is 4.19. The van der Waals surface area contributed by atoms with Gasteiger partial charge in [-0.3, -0.25) is 0 Å². The third kappa shape index (κ3) is 4.91. The number of rotatable bonds is 6. The third-order valence-corrected chi connectivity index (χ3v) is 3.25. The van der Waals surface area contributed by atoms with Gasteiger partial charge in [0, 0.05) is 10.6 Å². The molecule has 1 rings (SSSR count). The van der Waals surface area contributed by atoms with Gasteiger partial charge in [0.2, 0.25) is 0 Å². The minimum absolute atomic E-state index is 0.181. The Kier molecular flexibility index (Phi) is 5.93. The Morgan fingerprint density at radius 3 is 2.63 bits per heavy atom. The number of nitrogens with zero attached hydrogens (tertiary/aromatic N) is 1. The first kappa shape index (κ1) is 16.1. The average molecular weight is 302 g/mol. The molecule has 3 nitrogen and oxygen atoms in total. The molecule has 1 aromatic carbocycles. The molecule has 0 saturated heterocycles. The molecule has 0 aliphatic rings. The molecule has 0 bridgehead atoms. The molecule has 19 heavy (non-hydrogen) atoms.